The van der Waals surface area contributed by atoms with E-state index in [2.05, 4.69) is 10.0 Å². The number of methoxy groups -OCH3 is 1. The summed E-state index contributed by atoms with van der Waals surface area (Å²) in [7, 11) is -2.57. The molecular formula is C22H30N2O4S. The van der Waals surface area contributed by atoms with E-state index in [0.717, 1.165) is 11.1 Å². The summed E-state index contributed by atoms with van der Waals surface area (Å²) in [4.78, 5) is 12.8. The Bertz CT molecular complexity index is 925. The van der Waals surface area contributed by atoms with Crippen molar-refractivity contribution in [3.8, 4) is 5.75 Å². The number of sulfonamides is 1. The van der Waals surface area contributed by atoms with Gasteiger partial charge in [-0.25, -0.2) is 8.42 Å². The normalized spacial score (nSPS) is 12.8. The highest BCUT2D eigenvalue weighted by atomic mass is 32.2. The average Bonchev–Trinajstić information content (AvgIpc) is 2.67. The van der Waals surface area contributed by atoms with Crippen molar-refractivity contribution in [2.24, 2.45) is 0 Å². The highest BCUT2D eigenvalue weighted by molar-refractivity contribution is 7.89. The van der Waals surface area contributed by atoms with Gasteiger partial charge in [-0.05, 0) is 49.4 Å². The van der Waals surface area contributed by atoms with Gasteiger partial charge in [-0.15, -0.1) is 0 Å². The van der Waals surface area contributed by atoms with Crippen molar-refractivity contribution in [2.75, 3.05) is 7.11 Å². The first-order valence-corrected chi connectivity index (χ1v) is 11.2. The summed E-state index contributed by atoms with van der Waals surface area (Å²) in [6.45, 7) is 7.64. The molecule has 158 valence electrons. The first-order chi connectivity index (χ1) is 13.6. The van der Waals surface area contributed by atoms with Crippen LogP contribution in [-0.2, 0) is 21.2 Å². The van der Waals surface area contributed by atoms with Crippen molar-refractivity contribution in [3.63, 3.8) is 0 Å². The van der Waals surface area contributed by atoms with Crippen LogP contribution in [0.3, 0.4) is 0 Å². The smallest absolute Gasteiger partial charge is 0.245 e. The molecule has 0 aromatic heterocycles. The Morgan fingerprint density at radius 3 is 2.24 bits per heavy atom. The van der Waals surface area contributed by atoms with Crippen LogP contribution < -0.4 is 14.8 Å². The predicted octanol–water partition coefficient (Wildman–Crippen LogP) is 3.23. The second kappa shape index (κ2) is 9.89. The summed E-state index contributed by atoms with van der Waals surface area (Å²) >= 11 is 0. The molecule has 0 bridgehead atoms. The summed E-state index contributed by atoms with van der Waals surface area (Å²) in [6.07, 6.45) is 0.241. The fourth-order valence-electron chi connectivity index (χ4n) is 2.94. The zero-order chi connectivity index (χ0) is 21.6. The number of nitrogens with one attached hydrogen (secondary N) is 2. The molecule has 0 aliphatic carbocycles. The molecule has 6 nitrogen and oxygen atoms in total. The van der Waals surface area contributed by atoms with Crippen molar-refractivity contribution >= 4 is 15.9 Å². The number of hydrogen-bond donors (Lipinski definition) is 2. The number of amides is 1. The molecule has 2 N–H and O–H groups in total. The molecule has 1 atom stereocenters. The van der Waals surface area contributed by atoms with E-state index in [0.29, 0.717) is 0 Å². The minimum Gasteiger partial charge on any atom is -0.495 e. The van der Waals surface area contributed by atoms with E-state index in [1.165, 1.54) is 7.11 Å². The first-order valence-electron chi connectivity index (χ1n) is 9.68. The molecule has 2 aromatic rings. The number of ether oxygens (including phenoxy) is 1. The van der Waals surface area contributed by atoms with Crippen molar-refractivity contribution < 1.29 is 17.9 Å². The third kappa shape index (κ3) is 6.30. The number of rotatable bonds is 9. The molecule has 0 radical (unpaired) electrons. The maximum atomic E-state index is 13.2. The molecule has 0 heterocycles. The van der Waals surface area contributed by atoms with Gasteiger partial charge in [-0.1, -0.05) is 50.2 Å². The quantitative estimate of drug-likeness (QED) is 0.655. The molecule has 2 aromatic carbocycles. The number of benzene rings is 2. The summed E-state index contributed by atoms with van der Waals surface area (Å²) in [5, 5.41) is 2.80. The van der Waals surface area contributed by atoms with Crippen LogP contribution in [0.4, 0.5) is 0 Å². The number of carbonyl (C=O) groups is 1. The largest absolute Gasteiger partial charge is 0.495 e. The molecule has 0 aliphatic heterocycles. The fraction of sp³-hybridized carbons (Fsp3) is 0.409. The van der Waals surface area contributed by atoms with Crippen LogP contribution in [0.15, 0.2) is 53.4 Å². The van der Waals surface area contributed by atoms with Gasteiger partial charge in [0.25, 0.3) is 0 Å². The molecule has 7 heteroatoms. The lowest BCUT2D eigenvalue weighted by Crippen LogP contribution is -2.49. The van der Waals surface area contributed by atoms with E-state index in [1.807, 2.05) is 64.1 Å². The molecule has 0 saturated carbocycles. The molecule has 1 amide bonds. The first kappa shape index (κ1) is 22.9. The van der Waals surface area contributed by atoms with Crippen LogP contribution in [0, 0.1) is 0 Å². The van der Waals surface area contributed by atoms with Gasteiger partial charge in [0.2, 0.25) is 15.9 Å². The van der Waals surface area contributed by atoms with Gasteiger partial charge in [0.15, 0.2) is 0 Å². The van der Waals surface area contributed by atoms with E-state index in [1.54, 1.807) is 12.1 Å². The number of hydrogen-bond acceptors (Lipinski definition) is 4. The van der Waals surface area contributed by atoms with Gasteiger partial charge in [0.05, 0.1) is 7.11 Å². The lowest BCUT2D eigenvalue weighted by atomic mass is 10.0. The Labute approximate surface area is 173 Å². The Morgan fingerprint density at radius 1 is 1.03 bits per heavy atom. The average molecular weight is 419 g/mol. The van der Waals surface area contributed by atoms with E-state index < -0.39 is 16.1 Å². The molecular weight excluding hydrogens is 388 g/mol. The van der Waals surface area contributed by atoms with E-state index >= 15 is 0 Å². The van der Waals surface area contributed by atoms with Gasteiger partial charge in [-0.3, -0.25) is 4.79 Å². The van der Waals surface area contributed by atoms with Crippen LogP contribution in [0.5, 0.6) is 5.75 Å². The Kier molecular flexibility index (Phi) is 7.81. The van der Waals surface area contributed by atoms with Crippen LogP contribution in [0.1, 0.15) is 44.7 Å². The fourth-order valence-corrected chi connectivity index (χ4v) is 4.34. The summed E-state index contributed by atoms with van der Waals surface area (Å²) in [5.41, 5.74) is 1.74. The molecule has 29 heavy (non-hydrogen) atoms. The Morgan fingerprint density at radius 2 is 1.69 bits per heavy atom. The van der Waals surface area contributed by atoms with Crippen LogP contribution >= 0.6 is 0 Å². The second-order valence-corrected chi connectivity index (χ2v) is 9.27. The summed E-state index contributed by atoms with van der Waals surface area (Å²) < 4.78 is 34.3. The van der Waals surface area contributed by atoms with Crippen molar-refractivity contribution in [1.82, 2.24) is 10.0 Å². The van der Waals surface area contributed by atoms with Gasteiger partial charge in [0, 0.05) is 6.04 Å². The van der Waals surface area contributed by atoms with Crippen molar-refractivity contribution in [2.45, 2.75) is 57.0 Å². The van der Waals surface area contributed by atoms with Crippen molar-refractivity contribution in [3.05, 3.63) is 59.7 Å². The van der Waals surface area contributed by atoms with Gasteiger partial charge < -0.3 is 10.1 Å². The lowest BCUT2D eigenvalue weighted by Gasteiger charge is -2.21. The third-order valence-electron chi connectivity index (χ3n) is 4.47. The third-order valence-corrected chi connectivity index (χ3v) is 5.96. The zero-order valence-corrected chi connectivity index (χ0v) is 18.4. The van der Waals surface area contributed by atoms with Crippen molar-refractivity contribution in [1.29, 1.82) is 0 Å². The standard InChI is InChI=1S/C22H30N2O4S/c1-15(2)18-11-12-20(28-5)21(14-18)29(26,27)24-19(22(25)23-16(3)4)13-17-9-7-6-8-10-17/h6-12,14-16,19,24H,13H2,1-5H3,(H,23,25). The predicted molar refractivity (Wildman–Crippen MR) is 115 cm³/mol. The topological polar surface area (TPSA) is 84.5 Å². The SMILES string of the molecule is COc1ccc(C(C)C)cc1S(=O)(=O)NC(Cc1ccccc1)C(=O)NC(C)C. The summed E-state index contributed by atoms with van der Waals surface area (Å²) in [5.74, 6) is 0.0234. The van der Waals surface area contributed by atoms with Gasteiger partial charge >= 0.3 is 0 Å². The van der Waals surface area contributed by atoms with Crippen LogP contribution in [0.2, 0.25) is 0 Å². The molecule has 0 fully saturated rings. The van der Waals surface area contributed by atoms with E-state index in [9.17, 15) is 13.2 Å². The Hall–Kier alpha value is -2.38. The highest BCUT2D eigenvalue weighted by Gasteiger charge is 2.29. The maximum Gasteiger partial charge on any atom is 0.245 e. The second-order valence-electron chi connectivity index (χ2n) is 7.59. The monoisotopic (exact) mass is 418 g/mol. The molecule has 0 aliphatic rings. The van der Waals surface area contributed by atoms with Crippen LogP contribution in [0.25, 0.3) is 0 Å². The van der Waals surface area contributed by atoms with Gasteiger partial charge in [0.1, 0.15) is 16.7 Å². The zero-order valence-electron chi connectivity index (χ0n) is 17.6. The van der Waals surface area contributed by atoms with E-state index in [-0.39, 0.29) is 34.9 Å². The minimum atomic E-state index is -4.00. The van der Waals surface area contributed by atoms with E-state index in [4.69, 9.17) is 4.74 Å². The van der Waals surface area contributed by atoms with Gasteiger partial charge in [-0.2, -0.15) is 4.72 Å². The molecule has 0 spiro atoms. The molecule has 2 rings (SSSR count). The van der Waals surface area contributed by atoms with Crippen LogP contribution in [-0.4, -0.2) is 33.5 Å². The number of carbonyl (C=O) groups excluding carboxylic acids is 1. The molecule has 0 saturated heterocycles. The summed E-state index contributed by atoms with van der Waals surface area (Å²) in [6, 6.07) is 13.4. The highest BCUT2D eigenvalue weighted by Crippen LogP contribution is 2.28. The maximum absolute atomic E-state index is 13.2. The molecule has 1 unspecified atom stereocenters. The lowest BCUT2D eigenvalue weighted by molar-refractivity contribution is -0.123. The Balaban J connectivity index is 2.40. The minimum absolute atomic E-state index is 0.0293.